The normalized spacial score (nSPS) is 10.7. The summed E-state index contributed by atoms with van der Waals surface area (Å²) in [7, 11) is 0. The number of hydrogen-bond donors (Lipinski definition) is 1. The van der Waals surface area contributed by atoms with E-state index in [1.165, 1.54) is 24.8 Å². The van der Waals surface area contributed by atoms with Crippen molar-refractivity contribution in [1.82, 2.24) is 15.0 Å². The molecule has 3 rings (SSSR count). The van der Waals surface area contributed by atoms with E-state index in [0.29, 0.717) is 12.2 Å². The molecule has 1 aromatic heterocycles. The predicted octanol–water partition coefficient (Wildman–Crippen LogP) is 4.31. The molecule has 26 heavy (non-hydrogen) atoms. The lowest BCUT2D eigenvalue weighted by atomic mass is 10.1. The van der Waals surface area contributed by atoms with Crippen molar-refractivity contribution in [2.45, 2.75) is 39.2 Å². The summed E-state index contributed by atoms with van der Waals surface area (Å²) >= 11 is 0. The van der Waals surface area contributed by atoms with E-state index in [2.05, 4.69) is 34.7 Å². The van der Waals surface area contributed by atoms with Crippen LogP contribution in [-0.4, -0.2) is 20.9 Å². The Labute approximate surface area is 154 Å². The number of anilines is 1. The van der Waals surface area contributed by atoms with E-state index in [-0.39, 0.29) is 5.91 Å². The number of nitrogens with one attached hydrogen (secondary N) is 1. The van der Waals surface area contributed by atoms with Crippen molar-refractivity contribution >= 4 is 11.6 Å². The van der Waals surface area contributed by atoms with Gasteiger partial charge in [0.1, 0.15) is 0 Å². The van der Waals surface area contributed by atoms with E-state index in [1.54, 1.807) is 10.9 Å². The summed E-state index contributed by atoms with van der Waals surface area (Å²) in [6.07, 6.45) is 6.42. The highest BCUT2D eigenvalue weighted by molar-refractivity contribution is 6.02. The first-order valence-corrected chi connectivity index (χ1v) is 9.09. The molecule has 0 aliphatic rings. The van der Waals surface area contributed by atoms with Gasteiger partial charge in [-0.05, 0) is 36.1 Å². The van der Waals surface area contributed by atoms with Gasteiger partial charge >= 0.3 is 0 Å². The Kier molecular flexibility index (Phi) is 6.14. The van der Waals surface area contributed by atoms with Crippen LogP contribution in [0.15, 0.2) is 60.8 Å². The molecule has 1 N–H and O–H groups in total. The minimum absolute atomic E-state index is 0.247. The number of aromatic nitrogens is 3. The second-order valence-corrected chi connectivity index (χ2v) is 6.40. The lowest BCUT2D eigenvalue weighted by Gasteiger charge is -2.05. The molecular weight excluding hydrogens is 324 g/mol. The second kappa shape index (κ2) is 8.94. The minimum Gasteiger partial charge on any atom is -0.321 e. The molecule has 5 nitrogen and oxygen atoms in total. The fourth-order valence-electron chi connectivity index (χ4n) is 2.78. The molecule has 0 saturated carbocycles. The van der Waals surface area contributed by atoms with Crippen LogP contribution < -0.4 is 5.32 Å². The zero-order valence-corrected chi connectivity index (χ0v) is 15.1. The summed E-state index contributed by atoms with van der Waals surface area (Å²) in [4.78, 5) is 12.3. The first-order valence-electron chi connectivity index (χ1n) is 9.09. The SMILES string of the molecule is CCCCCc1ccc(NC(=O)c2cn(Cc3ccccc3)nn2)cc1. The standard InChI is InChI=1S/C21H24N4O/c1-2-3-5-8-17-11-13-19(14-12-17)22-21(26)20-16-25(24-23-20)15-18-9-6-4-7-10-18/h4,6-7,9-14,16H,2-3,5,8,15H2,1H3,(H,22,26). The summed E-state index contributed by atoms with van der Waals surface area (Å²) in [6, 6.07) is 18.0. The van der Waals surface area contributed by atoms with Gasteiger partial charge in [0, 0.05) is 5.69 Å². The van der Waals surface area contributed by atoms with Gasteiger partial charge in [-0.25, -0.2) is 4.68 Å². The summed E-state index contributed by atoms with van der Waals surface area (Å²) in [6.45, 7) is 2.79. The Hall–Kier alpha value is -2.95. The van der Waals surface area contributed by atoms with Crippen LogP contribution in [0.25, 0.3) is 0 Å². The molecule has 1 heterocycles. The number of nitrogens with zero attached hydrogens (tertiary/aromatic N) is 3. The zero-order chi connectivity index (χ0) is 18.2. The van der Waals surface area contributed by atoms with Crippen LogP contribution >= 0.6 is 0 Å². The second-order valence-electron chi connectivity index (χ2n) is 6.40. The van der Waals surface area contributed by atoms with Gasteiger partial charge in [-0.3, -0.25) is 4.79 Å². The Morgan fingerprint density at radius 3 is 2.50 bits per heavy atom. The molecule has 0 atom stereocenters. The molecule has 0 bridgehead atoms. The third-order valence-corrected chi connectivity index (χ3v) is 4.24. The molecule has 2 aromatic carbocycles. The molecule has 1 amide bonds. The molecule has 0 unspecified atom stereocenters. The molecule has 0 aliphatic carbocycles. The highest BCUT2D eigenvalue weighted by Gasteiger charge is 2.11. The van der Waals surface area contributed by atoms with Crippen molar-refractivity contribution in [3.05, 3.63) is 77.6 Å². The minimum atomic E-state index is -0.247. The molecule has 0 saturated heterocycles. The largest absolute Gasteiger partial charge is 0.321 e. The van der Waals surface area contributed by atoms with Crippen molar-refractivity contribution in [2.75, 3.05) is 5.32 Å². The van der Waals surface area contributed by atoms with E-state index in [4.69, 9.17) is 0 Å². The summed E-state index contributed by atoms with van der Waals surface area (Å²) < 4.78 is 1.67. The van der Waals surface area contributed by atoms with Crippen molar-refractivity contribution in [3.8, 4) is 0 Å². The smallest absolute Gasteiger partial charge is 0.277 e. The lowest BCUT2D eigenvalue weighted by Crippen LogP contribution is -2.12. The number of carbonyl (C=O) groups is 1. The van der Waals surface area contributed by atoms with E-state index in [1.807, 2.05) is 42.5 Å². The Morgan fingerprint density at radius 1 is 1.00 bits per heavy atom. The molecule has 0 fully saturated rings. The summed E-state index contributed by atoms with van der Waals surface area (Å²) in [5.74, 6) is -0.247. The Morgan fingerprint density at radius 2 is 1.77 bits per heavy atom. The monoisotopic (exact) mass is 348 g/mol. The van der Waals surface area contributed by atoms with E-state index >= 15 is 0 Å². The zero-order valence-electron chi connectivity index (χ0n) is 15.1. The highest BCUT2D eigenvalue weighted by atomic mass is 16.2. The number of amides is 1. The van der Waals surface area contributed by atoms with Gasteiger partial charge < -0.3 is 5.32 Å². The number of carbonyl (C=O) groups excluding carboxylic acids is 1. The number of hydrogen-bond acceptors (Lipinski definition) is 3. The molecule has 0 aliphatic heterocycles. The van der Waals surface area contributed by atoms with Crippen molar-refractivity contribution in [1.29, 1.82) is 0 Å². The highest BCUT2D eigenvalue weighted by Crippen LogP contribution is 2.13. The fourth-order valence-corrected chi connectivity index (χ4v) is 2.78. The molecule has 3 aromatic rings. The predicted molar refractivity (Wildman–Crippen MR) is 103 cm³/mol. The van der Waals surface area contributed by atoms with Crippen LogP contribution in [0, 0.1) is 0 Å². The van der Waals surface area contributed by atoms with Crippen molar-refractivity contribution in [3.63, 3.8) is 0 Å². The molecular formula is C21H24N4O. The molecule has 134 valence electrons. The van der Waals surface area contributed by atoms with Gasteiger partial charge in [-0.15, -0.1) is 5.10 Å². The Balaban J connectivity index is 1.56. The Bertz CT molecular complexity index is 825. The van der Waals surface area contributed by atoms with Crippen LogP contribution in [0.1, 0.15) is 47.8 Å². The molecule has 5 heteroatoms. The van der Waals surface area contributed by atoms with Crippen LogP contribution in [0.4, 0.5) is 5.69 Å². The maximum Gasteiger partial charge on any atom is 0.277 e. The molecule has 0 spiro atoms. The average molecular weight is 348 g/mol. The van der Waals surface area contributed by atoms with Gasteiger partial charge in [0.15, 0.2) is 5.69 Å². The van der Waals surface area contributed by atoms with Gasteiger partial charge in [0.2, 0.25) is 0 Å². The van der Waals surface area contributed by atoms with Crippen LogP contribution in [0.2, 0.25) is 0 Å². The number of benzene rings is 2. The van der Waals surface area contributed by atoms with Gasteiger partial charge in [-0.1, -0.05) is 67.4 Å². The van der Waals surface area contributed by atoms with E-state index < -0.39 is 0 Å². The van der Waals surface area contributed by atoms with Gasteiger partial charge in [0.25, 0.3) is 5.91 Å². The van der Waals surface area contributed by atoms with E-state index in [0.717, 1.165) is 17.7 Å². The maximum atomic E-state index is 12.3. The number of aryl methyl sites for hydroxylation is 1. The van der Waals surface area contributed by atoms with Crippen molar-refractivity contribution < 1.29 is 4.79 Å². The quantitative estimate of drug-likeness (QED) is 0.617. The third-order valence-electron chi connectivity index (χ3n) is 4.24. The first-order chi connectivity index (χ1) is 12.7. The van der Waals surface area contributed by atoms with Gasteiger partial charge in [-0.2, -0.15) is 0 Å². The van der Waals surface area contributed by atoms with Gasteiger partial charge in [0.05, 0.1) is 12.7 Å². The van der Waals surface area contributed by atoms with E-state index in [9.17, 15) is 4.79 Å². The lowest BCUT2D eigenvalue weighted by molar-refractivity contribution is 0.102. The fraction of sp³-hybridized carbons (Fsp3) is 0.286. The van der Waals surface area contributed by atoms with Crippen LogP contribution in [0.3, 0.4) is 0 Å². The number of rotatable bonds is 8. The first kappa shape index (κ1) is 17.9. The third kappa shape index (κ3) is 5.02. The van der Waals surface area contributed by atoms with Crippen LogP contribution in [-0.2, 0) is 13.0 Å². The molecule has 0 radical (unpaired) electrons. The topological polar surface area (TPSA) is 59.8 Å². The maximum absolute atomic E-state index is 12.3. The summed E-state index contributed by atoms with van der Waals surface area (Å²) in [5, 5.41) is 10.9. The van der Waals surface area contributed by atoms with Crippen molar-refractivity contribution in [2.24, 2.45) is 0 Å². The average Bonchev–Trinajstić information content (AvgIpc) is 3.13. The number of unbranched alkanes of at least 4 members (excludes halogenated alkanes) is 2. The van der Waals surface area contributed by atoms with Crippen LogP contribution in [0.5, 0.6) is 0 Å². The summed E-state index contributed by atoms with van der Waals surface area (Å²) in [5.41, 5.74) is 3.49.